The fourth-order valence-corrected chi connectivity index (χ4v) is 8.55. The summed E-state index contributed by atoms with van der Waals surface area (Å²) >= 11 is 11.9. The molecule has 4 N–H and O–H groups in total. The molecule has 8 rings (SSSR count). The van der Waals surface area contributed by atoms with Gasteiger partial charge >= 0.3 is 5.97 Å². The normalized spacial score (nSPS) is 15.3. The lowest BCUT2D eigenvalue weighted by Crippen LogP contribution is -2.42. The first-order valence-electron chi connectivity index (χ1n) is 24.1. The standard InChI is InChI=1S/C28H32ClN3O2.C16H23NO3.C12H11ClN2/c29-24-13-11-22(12-14-24)27(26-10-4-5-17-30-26)31-28(33)23-15-19-32(20-16-23)18-6-7-21-34-25-8-2-1-3-9-25;18-16(19)14-8-11-17(12-9-14)10-4-5-13-20-15-6-2-1-3-7-15;13-10-6-4-9(5-7-10)12(14)11-3-1-2-8-15-11/h1-5,8-14,17,23,27H,6-7,15-16,18-21H2,(H,31,33);1-3,6-7,14H,4-5,8-13H2,(H,18,19);1-8,12H,14H2. The smallest absolute Gasteiger partial charge is 0.306 e. The molecule has 69 heavy (non-hydrogen) atoms. The molecule has 2 aromatic heterocycles. The van der Waals surface area contributed by atoms with E-state index in [2.05, 4.69) is 25.1 Å². The molecule has 2 atom stereocenters. The van der Waals surface area contributed by atoms with Gasteiger partial charge < -0.3 is 35.4 Å². The Bertz CT molecular complexity index is 2340. The molecule has 6 aromatic rings. The van der Waals surface area contributed by atoms with Gasteiger partial charge in [-0.05, 0) is 175 Å². The van der Waals surface area contributed by atoms with Crippen molar-refractivity contribution < 1.29 is 24.2 Å². The number of hydrogen-bond donors (Lipinski definition) is 3. The number of ether oxygens (including phenoxy) is 2. The number of nitrogens with one attached hydrogen (secondary N) is 1. The van der Waals surface area contributed by atoms with Crippen molar-refractivity contribution in [2.45, 2.75) is 63.5 Å². The number of halogens is 2. The third-order valence-electron chi connectivity index (χ3n) is 12.4. The van der Waals surface area contributed by atoms with Crippen LogP contribution in [0, 0.1) is 11.8 Å². The van der Waals surface area contributed by atoms with Gasteiger partial charge in [-0.2, -0.15) is 0 Å². The molecular formula is C56H66Cl2N6O5. The molecule has 0 radical (unpaired) electrons. The van der Waals surface area contributed by atoms with Crippen LogP contribution in [0.5, 0.6) is 11.5 Å². The summed E-state index contributed by atoms with van der Waals surface area (Å²) in [5, 5.41) is 13.6. The second-order valence-electron chi connectivity index (χ2n) is 17.3. The minimum atomic E-state index is -0.638. The maximum absolute atomic E-state index is 13.2. The van der Waals surface area contributed by atoms with Gasteiger partial charge in [0.15, 0.2) is 0 Å². The maximum atomic E-state index is 13.2. The van der Waals surface area contributed by atoms with Gasteiger partial charge in [0.25, 0.3) is 0 Å². The Morgan fingerprint density at radius 1 is 0.580 bits per heavy atom. The monoisotopic (exact) mass is 972 g/mol. The second kappa shape index (κ2) is 29.3. The van der Waals surface area contributed by atoms with Crippen molar-refractivity contribution in [2.75, 3.05) is 52.5 Å². The van der Waals surface area contributed by atoms with E-state index in [4.69, 9.17) is 43.5 Å². The fraction of sp³-hybridized carbons (Fsp3) is 0.357. The van der Waals surface area contributed by atoms with Gasteiger partial charge in [-0.25, -0.2) is 0 Å². The Morgan fingerprint density at radius 2 is 1.01 bits per heavy atom. The van der Waals surface area contributed by atoms with E-state index in [1.807, 2.05) is 146 Å². The topological polar surface area (TPSA) is 143 Å². The molecule has 2 aliphatic rings. The number of nitrogens with two attached hydrogens (primary N) is 1. The van der Waals surface area contributed by atoms with E-state index in [1.54, 1.807) is 12.4 Å². The third-order valence-corrected chi connectivity index (χ3v) is 12.9. The van der Waals surface area contributed by atoms with E-state index in [-0.39, 0.29) is 29.8 Å². The van der Waals surface area contributed by atoms with Crippen molar-refractivity contribution in [2.24, 2.45) is 17.6 Å². The SMILES string of the molecule is NC(c1ccc(Cl)cc1)c1ccccn1.O=C(NC(c1ccc(Cl)cc1)c1ccccn1)C1CCN(CCCCOc2ccccc2)CC1.O=C(O)C1CCN(CCCCOc2ccccc2)CC1. The molecule has 13 heteroatoms. The number of benzene rings is 4. The molecule has 2 unspecified atom stereocenters. The van der Waals surface area contributed by atoms with Crippen LogP contribution in [0.25, 0.3) is 0 Å². The van der Waals surface area contributed by atoms with E-state index in [0.29, 0.717) is 10.0 Å². The zero-order valence-corrected chi connectivity index (χ0v) is 40.8. The maximum Gasteiger partial charge on any atom is 0.306 e. The molecule has 364 valence electrons. The largest absolute Gasteiger partial charge is 0.494 e. The number of likely N-dealkylation sites (tertiary alicyclic amines) is 2. The Kier molecular flexibility index (Phi) is 22.3. The highest BCUT2D eigenvalue weighted by Gasteiger charge is 2.28. The van der Waals surface area contributed by atoms with Crippen molar-refractivity contribution in [3.05, 3.63) is 191 Å². The van der Waals surface area contributed by atoms with Crippen LogP contribution in [0.1, 0.15) is 86.0 Å². The zero-order chi connectivity index (χ0) is 48.5. The van der Waals surface area contributed by atoms with Crippen molar-refractivity contribution in [3.63, 3.8) is 0 Å². The van der Waals surface area contributed by atoms with Gasteiger partial charge in [-0.1, -0.05) is 96.0 Å². The highest BCUT2D eigenvalue weighted by molar-refractivity contribution is 6.30. The van der Waals surface area contributed by atoms with E-state index >= 15 is 0 Å². The number of amides is 1. The Labute approximate surface area is 418 Å². The molecule has 2 saturated heterocycles. The predicted molar refractivity (Wildman–Crippen MR) is 276 cm³/mol. The number of carbonyl (C=O) groups is 2. The fourth-order valence-electron chi connectivity index (χ4n) is 8.30. The predicted octanol–water partition coefficient (Wildman–Crippen LogP) is 10.9. The summed E-state index contributed by atoms with van der Waals surface area (Å²) in [5.74, 6) is 1.21. The van der Waals surface area contributed by atoms with Crippen LogP contribution >= 0.6 is 23.2 Å². The number of unbranched alkanes of at least 4 members (excludes halogenated alkanes) is 2. The molecule has 0 saturated carbocycles. The summed E-state index contributed by atoms with van der Waals surface area (Å²) in [6, 6.07) is 45.9. The van der Waals surface area contributed by atoms with Crippen molar-refractivity contribution in [1.82, 2.24) is 25.1 Å². The summed E-state index contributed by atoms with van der Waals surface area (Å²) in [6.45, 7) is 7.31. The molecule has 1 amide bonds. The van der Waals surface area contributed by atoms with Crippen LogP contribution in [0.2, 0.25) is 10.0 Å². The Morgan fingerprint density at radius 3 is 1.46 bits per heavy atom. The first kappa shape index (κ1) is 52.5. The molecule has 2 fully saturated rings. The number of hydrogen-bond acceptors (Lipinski definition) is 9. The number of para-hydroxylation sites is 2. The van der Waals surface area contributed by atoms with E-state index < -0.39 is 5.97 Å². The number of carboxylic acids is 1. The average molecular weight is 974 g/mol. The lowest BCUT2D eigenvalue weighted by molar-refractivity contribution is -0.143. The number of piperidine rings is 2. The van der Waals surface area contributed by atoms with E-state index in [9.17, 15) is 9.59 Å². The van der Waals surface area contributed by atoms with Crippen LogP contribution in [0.3, 0.4) is 0 Å². The highest BCUT2D eigenvalue weighted by atomic mass is 35.5. The van der Waals surface area contributed by atoms with Crippen LogP contribution in [0.4, 0.5) is 0 Å². The lowest BCUT2D eigenvalue weighted by atomic mass is 9.94. The van der Waals surface area contributed by atoms with Crippen molar-refractivity contribution >= 4 is 35.1 Å². The number of aromatic nitrogens is 2. The number of rotatable bonds is 19. The first-order valence-corrected chi connectivity index (χ1v) is 24.9. The van der Waals surface area contributed by atoms with E-state index in [0.717, 1.165) is 138 Å². The summed E-state index contributed by atoms with van der Waals surface area (Å²) in [6.07, 6.45) is 11.1. The molecule has 4 heterocycles. The lowest BCUT2D eigenvalue weighted by Gasteiger charge is -2.32. The highest BCUT2D eigenvalue weighted by Crippen LogP contribution is 2.26. The van der Waals surface area contributed by atoms with Gasteiger partial charge in [0, 0.05) is 28.4 Å². The average Bonchev–Trinajstić information content (AvgIpc) is 3.40. The number of carboxylic acid groups (broad SMARTS) is 1. The first-order chi connectivity index (χ1) is 33.7. The van der Waals surface area contributed by atoms with Gasteiger partial charge in [-0.15, -0.1) is 0 Å². The number of pyridine rings is 2. The third kappa shape index (κ3) is 18.6. The Balaban J connectivity index is 0.000000188. The van der Waals surface area contributed by atoms with Crippen LogP contribution in [-0.4, -0.2) is 89.2 Å². The van der Waals surface area contributed by atoms with Crippen LogP contribution in [-0.2, 0) is 9.59 Å². The molecule has 4 aromatic carbocycles. The van der Waals surface area contributed by atoms with Crippen LogP contribution < -0.4 is 20.5 Å². The number of carbonyl (C=O) groups excluding carboxylic acids is 1. The Hall–Kier alpha value is -5.82. The molecule has 0 spiro atoms. The summed E-state index contributed by atoms with van der Waals surface area (Å²) in [4.78, 5) is 37.6. The minimum absolute atomic E-state index is 0.0242. The summed E-state index contributed by atoms with van der Waals surface area (Å²) in [7, 11) is 0. The van der Waals surface area contributed by atoms with Gasteiger partial charge in [0.1, 0.15) is 11.5 Å². The summed E-state index contributed by atoms with van der Waals surface area (Å²) < 4.78 is 11.4. The van der Waals surface area contributed by atoms with E-state index in [1.165, 1.54) is 0 Å². The quantitative estimate of drug-likeness (QED) is 0.0671. The van der Waals surface area contributed by atoms with Gasteiger partial charge in [-0.3, -0.25) is 19.6 Å². The van der Waals surface area contributed by atoms with Gasteiger partial charge in [0.2, 0.25) is 5.91 Å². The van der Waals surface area contributed by atoms with Crippen molar-refractivity contribution in [1.29, 1.82) is 0 Å². The van der Waals surface area contributed by atoms with Crippen LogP contribution in [0.15, 0.2) is 158 Å². The molecule has 2 aliphatic heterocycles. The molecule has 11 nitrogen and oxygen atoms in total. The minimum Gasteiger partial charge on any atom is -0.494 e. The molecule has 0 aliphatic carbocycles. The van der Waals surface area contributed by atoms with Crippen molar-refractivity contribution in [3.8, 4) is 11.5 Å². The number of nitrogens with zero attached hydrogens (tertiary/aromatic N) is 4. The molecule has 0 bridgehead atoms. The summed E-state index contributed by atoms with van der Waals surface area (Å²) in [5.41, 5.74) is 9.74. The number of aliphatic carboxylic acids is 1. The molecular weight excluding hydrogens is 908 g/mol. The van der Waals surface area contributed by atoms with Gasteiger partial charge in [0.05, 0.1) is 42.6 Å². The zero-order valence-electron chi connectivity index (χ0n) is 39.3. The second-order valence-corrected chi connectivity index (χ2v) is 18.2.